The molecule has 0 bridgehead atoms. The standard InChI is InChI=1S/C45H71N3O10Si/c1-42(2,3)57-40(50)47-35(28-32-18-16-15-17-19-32)37(55-44(47,7)8)30-46(39(49)54-26-27-59(12,13)14)31-38-36(29-33-20-22-34(23-21-33)53-25-24-52-11)48(45(9,10)56-38)41(51)58-43(4,5)6/h15-23,35-38H,24-31H2,1-14H3/t35-,36-,37+,38+/m0/s1. The van der Waals surface area contributed by atoms with E-state index >= 15 is 0 Å². The van der Waals surface area contributed by atoms with Crippen LogP contribution in [0.2, 0.25) is 25.7 Å². The molecule has 0 N–H and O–H groups in total. The van der Waals surface area contributed by atoms with Gasteiger partial charge in [-0.25, -0.2) is 14.4 Å². The van der Waals surface area contributed by atoms with Crippen LogP contribution in [0.4, 0.5) is 14.4 Å². The van der Waals surface area contributed by atoms with Gasteiger partial charge in [-0.05, 0) is 111 Å². The number of hydrogen-bond donors (Lipinski definition) is 0. The third-order valence-electron chi connectivity index (χ3n) is 10.1. The van der Waals surface area contributed by atoms with Crippen LogP contribution in [0.5, 0.6) is 5.75 Å². The van der Waals surface area contributed by atoms with Gasteiger partial charge in [0, 0.05) is 15.2 Å². The summed E-state index contributed by atoms with van der Waals surface area (Å²) >= 11 is 0. The molecule has 4 rings (SSSR count). The van der Waals surface area contributed by atoms with Crippen LogP contribution in [0.3, 0.4) is 0 Å². The van der Waals surface area contributed by atoms with Crippen molar-refractivity contribution in [3.05, 3.63) is 65.7 Å². The van der Waals surface area contributed by atoms with Crippen LogP contribution >= 0.6 is 0 Å². The molecule has 0 radical (unpaired) electrons. The van der Waals surface area contributed by atoms with Gasteiger partial charge in [-0.2, -0.15) is 0 Å². The Morgan fingerprint density at radius 1 is 0.695 bits per heavy atom. The number of benzene rings is 2. The van der Waals surface area contributed by atoms with E-state index in [4.69, 9.17) is 33.2 Å². The summed E-state index contributed by atoms with van der Waals surface area (Å²) in [5.74, 6) is 0.701. The Bertz CT molecular complexity index is 1680. The molecular formula is C45H71N3O10Si. The summed E-state index contributed by atoms with van der Waals surface area (Å²) in [4.78, 5) is 47.4. The number of carbonyl (C=O) groups is 3. The summed E-state index contributed by atoms with van der Waals surface area (Å²) in [6, 6.07) is 17.4. The molecule has 2 heterocycles. The van der Waals surface area contributed by atoms with Crippen LogP contribution in [0, 0.1) is 0 Å². The smallest absolute Gasteiger partial charge is 0.412 e. The van der Waals surface area contributed by atoms with Gasteiger partial charge >= 0.3 is 18.3 Å². The van der Waals surface area contributed by atoms with Gasteiger partial charge in [-0.15, -0.1) is 0 Å². The maximum Gasteiger partial charge on any atom is 0.412 e. The number of rotatable bonds is 15. The second kappa shape index (κ2) is 19.2. The zero-order chi connectivity index (χ0) is 44.0. The average Bonchev–Trinajstić information content (AvgIpc) is 3.49. The van der Waals surface area contributed by atoms with Gasteiger partial charge in [0.15, 0.2) is 0 Å². The summed E-state index contributed by atoms with van der Waals surface area (Å²) in [5, 5.41) is 0. The van der Waals surface area contributed by atoms with E-state index < -0.39 is 73.3 Å². The maximum atomic E-state index is 14.4. The average molecular weight is 842 g/mol. The number of hydrogen-bond acceptors (Lipinski definition) is 10. The minimum atomic E-state index is -1.55. The van der Waals surface area contributed by atoms with E-state index in [0.717, 1.165) is 17.2 Å². The molecule has 3 amide bonds. The molecule has 59 heavy (non-hydrogen) atoms. The SMILES string of the molecule is COCCOc1ccc(C[C@H]2[C@@H](CN(C[C@H]3OC(C)(C)N(C(=O)OC(C)(C)C)[C@H]3Cc3ccccc3)C(=O)OCC[Si](C)(C)C)OC(C)(C)N2C(=O)OC(C)(C)C)cc1. The molecule has 0 aliphatic carbocycles. The number of amides is 3. The Morgan fingerprint density at radius 3 is 1.58 bits per heavy atom. The van der Waals surface area contributed by atoms with E-state index in [9.17, 15) is 14.4 Å². The normalized spacial score (nSPS) is 21.6. The highest BCUT2D eigenvalue weighted by Gasteiger charge is 2.54. The van der Waals surface area contributed by atoms with Crippen LogP contribution in [-0.2, 0) is 41.3 Å². The Kier molecular flexibility index (Phi) is 15.6. The summed E-state index contributed by atoms with van der Waals surface area (Å²) in [6.07, 6.45) is -1.98. The molecule has 2 saturated heterocycles. The molecular weight excluding hydrogens is 771 g/mol. The van der Waals surface area contributed by atoms with Gasteiger partial charge in [0.05, 0.1) is 50.6 Å². The van der Waals surface area contributed by atoms with Crippen LogP contribution in [0.15, 0.2) is 54.6 Å². The van der Waals surface area contributed by atoms with Crippen molar-refractivity contribution < 1.29 is 47.5 Å². The second-order valence-corrected chi connectivity index (χ2v) is 25.4. The van der Waals surface area contributed by atoms with Crippen LogP contribution in [0.25, 0.3) is 0 Å². The Hall–Kier alpha value is -3.85. The Morgan fingerprint density at radius 2 is 1.15 bits per heavy atom. The molecule has 2 aromatic carbocycles. The van der Waals surface area contributed by atoms with Gasteiger partial charge in [0.1, 0.15) is 35.0 Å². The lowest BCUT2D eigenvalue weighted by Gasteiger charge is -2.36. The van der Waals surface area contributed by atoms with Gasteiger partial charge in [0.2, 0.25) is 0 Å². The van der Waals surface area contributed by atoms with Crippen molar-refractivity contribution in [1.82, 2.24) is 14.7 Å². The number of ether oxygens (including phenoxy) is 7. The lowest BCUT2D eigenvalue weighted by atomic mass is 9.98. The molecule has 2 aliphatic heterocycles. The lowest BCUT2D eigenvalue weighted by molar-refractivity contribution is -0.0905. The zero-order valence-electron chi connectivity index (χ0n) is 38.1. The molecule has 0 spiro atoms. The van der Waals surface area contributed by atoms with Crippen molar-refractivity contribution in [3.8, 4) is 5.75 Å². The van der Waals surface area contributed by atoms with E-state index in [2.05, 4.69) is 19.6 Å². The first kappa shape index (κ1) is 47.8. The van der Waals surface area contributed by atoms with E-state index in [1.165, 1.54) is 0 Å². The van der Waals surface area contributed by atoms with Crippen molar-refractivity contribution >= 4 is 26.4 Å². The third-order valence-corrected chi connectivity index (χ3v) is 11.8. The lowest BCUT2D eigenvalue weighted by Crippen LogP contribution is -2.53. The topological polar surface area (TPSA) is 126 Å². The fourth-order valence-corrected chi connectivity index (χ4v) is 8.21. The maximum absolute atomic E-state index is 14.4. The molecule has 2 fully saturated rings. The zero-order valence-corrected chi connectivity index (χ0v) is 39.1. The first-order chi connectivity index (χ1) is 27.3. The molecule has 2 aromatic rings. The molecule has 2 aliphatic rings. The van der Waals surface area contributed by atoms with E-state index in [1.54, 1.807) is 21.8 Å². The van der Waals surface area contributed by atoms with Gasteiger partial charge in [0.25, 0.3) is 0 Å². The number of methoxy groups -OCH3 is 1. The molecule has 0 aromatic heterocycles. The molecule has 0 saturated carbocycles. The minimum Gasteiger partial charge on any atom is -0.491 e. The van der Waals surface area contributed by atoms with Crippen molar-refractivity contribution in [3.63, 3.8) is 0 Å². The van der Waals surface area contributed by atoms with E-state index in [-0.39, 0.29) is 19.7 Å². The van der Waals surface area contributed by atoms with E-state index in [0.29, 0.717) is 31.8 Å². The van der Waals surface area contributed by atoms with Crippen molar-refractivity contribution in [2.45, 2.75) is 155 Å². The Labute approximate surface area is 353 Å². The summed E-state index contributed by atoms with van der Waals surface area (Å²) in [6.45, 7) is 26.4. The highest BCUT2D eigenvalue weighted by atomic mass is 28.3. The van der Waals surface area contributed by atoms with Crippen molar-refractivity contribution in [2.24, 2.45) is 0 Å². The van der Waals surface area contributed by atoms with Gasteiger partial charge < -0.3 is 38.1 Å². The molecule has 330 valence electrons. The number of carbonyl (C=O) groups excluding carboxylic acids is 3. The van der Waals surface area contributed by atoms with Gasteiger partial charge in [-0.3, -0.25) is 9.80 Å². The first-order valence-corrected chi connectivity index (χ1v) is 24.6. The molecule has 14 heteroatoms. The number of nitrogens with zero attached hydrogens (tertiary/aromatic N) is 3. The largest absolute Gasteiger partial charge is 0.491 e. The molecule has 0 unspecified atom stereocenters. The highest BCUT2D eigenvalue weighted by molar-refractivity contribution is 6.76. The third kappa shape index (κ3) is 14.1. The summed E-state index contributed by atoms with van der Waals surface area (Å²) in [7, 11) is 0.0767. The second-order valence-electron chi connectivity index (χ2n) is 19.8. The fraction of sp³-hybridized carbons (Fsp3) is 0.667. The monoisotopic (exact) mass is 841 g/mol. The predicted octanol–water partition coefficient (Wildman–Crippen LogP) is 8.76. The van der Waals surface area contributed by atoms with Crippen molar-refractivity contribution in [1.29, 1.82) is 0 Å². The summed E-state index contributed by atoms with van der Waals surface area (Å²) in [5.41, 5.74) is -1.72. The minimum absolute atomic E-state index is 0.0716. The van der Waals surface area contributed by atoms with Crippen LogP contribution in [0.1, 0.15) is 80.4 Å². The van der Waals surface area contributed by atoms with Crippen LogP contribution in [-0.4, -0.2) is 128 Å². The molecule has 4 atom stereocenters. The summed E-state index contributed by atoms with van der Waals surface area (Å²) < 4.78 is 42.4. The fourth-order valence-electron chi connectivity index (χ4n) is 7.49. The quantitative estimate of drug-likeness (QED) is 0.0977. The highest BCUT2D eigenvalue weighted by Crippen LogP contribution is 2.39. The van der Waals surface area contributed by atoms with E-state index in [1.807, 2.05) is 124 Å². The van der Waals surface area contributed by atoms with Crippen molar-refractivity contribution in [2.75, 3.05) is 40.0 Å². The van der Waals surface area contributed by atoms with Gasteiger partial charge in [-0.1, -0.05) is 62.1 Å². The Balaban J connectivity index is 1.74. The first-order valence-electron chi connectivity index (χ1n) is 20.9. The van der Waals surface area contributed by atoms with Crippen LogP contribution < -0.4 is 4.74 Å². The molecule has 13 nitrogen and oxygen atoms in total. The predicted molar refractivity (Wildman–Crippen MR) is 230 cm³/mol.